The molecule has 0 unspecified atom stereocenters. The summed E-state index contributed by atoms with van der Waals surface area (Å²) in [6.45, 7) is 1.98. The first kappa shape index (κ1) is 15.8. The fourth-order valence-corrected chi connectivity index (χ4v) is 1.92. The molecule has 0 aliphatic heterocycles. The van der Waals surface area contributed by atoms with Crippen LogP contribution in [0.2, 0.25) is 0 Å². The van der Waals surface area contributed by atoms with Crippen molar-refractivity contribution in [2.75, 3.05) is 6.61 Å². The van der Waals surface area contributed by atoms with Gasteiger partial charge >= 0.3 is 5.97 Å². The summed E-state index contributed by atoms with van der Waals surface area (Å²) in [7, 11) is 0. The van der Waals surface area contributed by atoms with E-state index in [0.717, 1.165) is 5.56 Å². The highest BCUT2D eigenvalue weighted by molar-refractivity contribution is 5.88. The molecule has 1 heterocycles. The lowest BCUT2D eigenvalue weighted by molar-refractivity contribution is -0.126. The summed E-state index contributed by atoms with van der Waals surface area (Å²) in [6, 6.07) is 10.9. The maximum absolute atomic E-state index is 11.6. The molecule has 0 bridgehead atoms. The number of carbonyl (C=O) groups is 2. The number of carboxylic acids is 1. The molecule has 0 aliphatic carbocycles. The smallest absolute Gasteiger partial charge is 0.339 e. The van der Waals surface area contributed by atoms with Crippen LogP contribution >= 0.6 is 0 Å². The number of benzene rings is 1. The van der Waals surface area contributed by atoms with E-state index in [9.17, 15) is 9.59 Å². The number of hydrogen-bond donors (Lipinski definition) is 2. The van der Waals surface area contributed by atoms with Gasteiger partial charge in [-0.3, -0.25) is 4.79 Å². The van der Waals surface area contributed by atoms with Gasteiger partial charge in [0.05, 0.1) is 13.2 Å². The van der Waals surface area contributed by atoms with Crippen LogP contribution in [0.3, 0.4) is 0 Å². The Morgan fingerprint density at radius 1 is 1.27 bits per heavy atom. The zero-order chi connectivity index (χ0) is 15.9. The van der Waals surface area contributed by atoms with Crippen molar-refractivity contribution >= 4 is 11.9 Å². The third-order valence-corrected chi connectivity index (χ3v) is 3.00. The van der Waals surface area contributed by atoms with Gasteiger partial charge in [0, 0.05) is 0 Å². The van der Waals surface area contributed by atoms with Gasteiger partial charge in [0.1, 0.15) is 23.7 Å². The Kier molecular flexibility index (Phi) is 5.32. The third-order valence-electron chi connectivity index (χ3n) is 3.00. The maximum atomic E-state index is 11.6. The predicted molar refractivity (Wildman–Crippen MR) is 78.3 cm³/mol. The van der Waals surface area contributed by atoms with Crippen molar-refractivity contribution < 1.29 is 23.8 Å². The van der Waals surface area contributed by atoms with Crippen LogP contribution < -0.4 is 5.32 Å². The average Bonchev–Trinajstić information content (AvgIpc) is 2.87. The molecular formula is C16H17NO5. The van der Waals surface area contributed by atoms with Crippen molar-refractivity contribution in [3.8, 4) is 0 Å². The first-order valence-electron chi connectivity index (χ1n) is 6.77. The number of amides is 1. The minimum absolute atomic E-state index is 0.0691. The molecule has 0 fully saturated rings. The van der Waals surface area contributed by atoms with Crippen LogP contribution in [0, 0.1) is 6.92 Å². The van der Waals surface area contributed by atoms with Gasteiger partial charge < -0.3 is 19.6 Å². The zero-order valence-corrected chi connectivity index (χ0v) is 12.2. The second kappa shape index (κ2) is 7.42. The topological polar surface area (TPSA) is 88.8 Å². The van der Waals surface area contributed by atoms with E-state index in [1.807, 2.05) is 30.3 Å². The van der Waals surface area contributed by atoms with Crippen molar-refractivity contribution in [3.05, 3.63) is 59.0 Å². The van der Waals surface area contributed by atoms with Crippen molar-refractivity contribution in [1.29, 1.82) is 0 Å². The number of carbonyl (C=O) groups excluding carboxylic acids is 1. The van der Waals surface area contributed by atoms with E-state index in [-0.39, 0.29) is 24.6 Å². The number of nitrogens with one attached hydrogen (secondary N) is 1. The molecule has 0 saturated heterocycles. The van der Waals surface area contributed by atoms with E-state index in [4.69, 9.17) is 14.3 Å². The second-order valence-corrected chi connectivity index (χ2v) is 4.74. The molecule has 0 atom stereocenters. The Bertz CT molecular complexity index is 648. The number of aryl methyl sites for hydroxylation is 1. The fraction of sp³-hybridized carbons (Fsp3) is 0.250. The SMILES string of the molecule is Cc1oc(CNC(=O)COCc2ccccc2)cc1C(=O)O. The molecule has 2 aromatic rings. The Morgan fingerprint density at radius 2 is 2.00 bits per heavy atom. The summed E-state index contributed by atoms with van der Waals surface area (Å²) in [5, 5.41) is 11.5. The Labute approximate surface area is 127 Å². The van der Waals surface area contributed by atoms with Gasteiger partial charge in [0.2, 0.25) is 5.91 Å². The average molecular weight is 303 g/mol. The van der Waals surface area contributed by atoms with Crippen LogP contribution in [0.4, 0.5) is 0 Å². The van der Waals surface area contributed by atoms with Gasteiger partial charge in [-0.2, -0.15) is 0 Å². The quantitative estimate of drug-likeness (QED) is 0.818. The molecule has 2 N–H and O–H groups in total. The molecule has 0 spiro atoms. The van der Waals surface area contributed by atoms with Crippen molar-refractivity contribution in [3.63, 3.8) is 0 Å². The maximum Gasteiger partial charge on any atom is 0.339 e. The van der Waals surface area contributed by atoms with E-state index in [0.29, 0.717) is 18.1 Å². The first-order valence-corrected chi connectivity index (χ1v) is 6.77. The number of ether oxygens (including phenoxy) is 1. The normalized spacial score (nSPS) is 10.4. The molecule has 116 valence electrons. The minimum Gasteiger partial charge on any atom is -0.478 e. The molecule has 1 amide bonds. The van der Waals surface area contributed by atoms with E-state index >= 15 is 0 Å². The molecule has 0 radical (unpaired) electrons. The standard InChI is InChI=1S/C16H17NO5/c1-11-14(16(19)20)7-13(22-11)8-17-15(18)10-21-9-12-5-3-2-4-6-12/h2-7H,8-10H2,1H3,(H,17,18)(H,19,20). The number of aromatic carboxylic acids is 1. The molecule has 6 nitrogen and oxygen atoms in total. The highest BCUT2D eigenvalue weighted by Crippen LogP contribution is 2.14. The molecule has 22 heavy (non-hydrogen) atoms. The lowest BCUT2D eigenvalue weighted by Gasteiger charge is -2.05. The Balaban J connectivity index is 1.73. The summed E-state index contributed by atoms with van der Waals surface area (Å²) in [6.07, 6.45) is 0. The van der Waals surface area contributed by atoms with Crippen LogP contribution in [0.5, 0.6) is 0 Å². The van der Waals surface area contributed by atoms with Crippen LogP contribution in [0.15, 0.2) is 40.8 Å². The van der Waals surface area contributed by atoms with Gasteiger partial charge in [0.15, 0.2) is 0 Å². The number of rotatable bonds is 7. The molecule has 1 aromatic heterocycles. The van der Waals surface area contributed by atoms with E-state index in [2.05, 4.69) is 5.32 Å². The Morgan fingerprint density at radius 3 is 2.64 bits per heavy atom. The van der Waals surface area contributed by atoms with Gasteiger partial charge in [-0.15, -0.1) is 0 Å². The summed E-state index contributed by atoms with van der Waals surface area (Å²) < 4.78 is 10.6. The van der Waals surface area contributed by atoms with Gasteiger partial charge in [-0.25, -0.2) is 4.79 Å². The van der Waals surface area contributed by atoms with Crippen LogP contribution in [0.1, 0.15) is 27.4 Å². The van der Waals surface area contributed by atoms with Crippen molar-refractivity contribution in [1.82, 2.24) is 5.32 Å². The largest absolute Gasteiger partial charge is 0.478 e. The first-order chi connectivity index (χ1) is 10.6. The number of furan rings is 1. The molecule has 2 rings (SSSR count). The highest BCUT2D eigenvalue weighted by Gasteiger charge is 2.14. The minimum atomic E-state index is -1.05. The van der Waals surface area contributed by atoms with Crippen LogP contribution in [-0.4, -0.2) is 23.6 Å². The monoisotopic (exact) mass is 303 g/mol. The molecular weight excluding hydrogens is 286 g/mol. The Hall–Kier alpha value is -2.60. The molecule has 1 aromatic carbocycles. The highest BCUT2D eigenvalue weighted by atomic mass is 16.5. The van der Waals surface area contributed by atoms with E-state index in [1.165, 1.54) is 6.07 Å². The van der Waals surface area contributed by atoms with Gasteiger partial charge in [-0.1, -0.05) is 30.3 Å². The van der Waals surface area contributed by atoms with Crippen LogP contribution in [0.25, 0.3) is 0 Å². The number of carboxylic acid groups (broad SMARTS) is 1. The van der Waals surface area contributed by atoms with Crippen LogP contribution in [-0.2, 0) is 22.7 Å². The lowest BCUT2D eigenvalue weighted by Crippen LogP contribution is -2.26. The van der Waals surface area contributed by atoms with Gasteiger partial charge in [-0.05, 0) is 18.6 Å². The van der Waals surface area contributed by atoms with Gasteiger partial charge in [0.25, 0.3) is 0 Å². The summed E-state index contributed by atoms with van der Waals surface area (Å²) in [5.74, 6) is -0.629. The molecule has 0 saturated carbocycles. The van der Waals surface area contributed by atoms with E-state index in [1.54, 1.807) is 6.92 Å². The predicted octanol–water partition coefficient (Wildman–Crippen LogP) is 2.12. The van der Waals surface area contributed by atoms with E-state index < -0.39 is 5.97 Å². The summed E-state index contributed by atoms with van der Waals surface area (Å²) in [4.78, 5) is 22.5. The van der Waals surface area contributed by atoms with Crippen molar-refractivity contribution in [2.45, 2.75) is 20.1 Å². The zero-order valence-electron chi connectivity index (χ0n) is 12.2. The van der Waals surface area contributed by atoms with Crippen molar-refractivity contribution in [2.24, 2.45) is 0 Å². The third kappa shape index (κ3) is 4.46. The molecule has 6 heteroatoms. The lowest BCUT2D eigenvalue weighted by atomic mass is 10.2. The summed E-state index contributed by atoms with van der Waals surface area (Å²) >= 11 is 0. The number of hydrogen-bond acceptors (Lipinski definition) is 4. The molecule has 0 aliphatic rings. The summed E-state index contributed by atoms with van der Waals surface area (Å²) in [5.41, 5.74) is 1.09. The fourth-order valence-electron chi connectivity index (χ4n) is 1.92. The second-order valence-electron chi connectivity index (χ2n) is 4.74.